The molecule has 2 rings (SSSR count). The molecule has 1 atom stereocenters. The van der Waals surface area contributed by atoms with E-state index in [4.69, 9.17) is 0 Å². The van der Waals surface area contributed by atoms with Gasteiger partial charge in [0.1, 0.15) is 5.75 Å². The van der Waals surface area contributed by atoms with Crippen molar-refractivity contribution in [1.82, 2.24) is 14.5 Å². The molecule has 0 saturated carbocycles. The van der Waals surface area contributed by atoms with Gasteiger partial charge >= 0.3 is 6.36 Å². The molecule has 1 aromatic heterocycles. The van der Waals surface area contributed by atoms with Crippen molar-refractivity contribution in [2.24, 2.45) is 0 Å². The fourth-order valence-electron chi connectivity index (χ4n) is 1.88. The van der Waals surface area contributed by atoms with Crippen LogP contribution in [0.3, 0.4) is 0 Å². The van der Waals surface area contributed by atoms with Gasteiger partial charge < -0.3 is 4.74 Å². The predicted octanol–water partition coefficient (Wildman–Crippen LogP) is 2.15. The molecule has 0 spiro atoms. The van der Waals surface area contributed by atoms with Crippen LogP contribution in [0.2, 0.25) is 0 Å². The van der Waals surface area contributed by atoms with Gasteiger partial charge in [0, 0.05) is 18.4 Å². The molecular weight excluding hydrogens is 335 g/mol. The number of nitrogens with zero attached hydrogens (tertiary/aromatic N) is 2. The molecule has 0 aliphatic carbocycles. The van der Waals surface area contributed by atoms with Crippen LogP contribution in [-0.2, 0) is 16.6 Å². The van der Waals surface area contributed by atoms with Gasteiger partial charge in [0.2, 0.25) is 10.0 Å². The molecule has 10 heteroatoms. The van der Waals surface area contributed by atoms with E-state index in [9.17, 15) is 21.6 Å². The van der Waals surface area contributed by atoms with Crippen LogP contribution < -0.4 is 9.46 Å². The molecule has 0 fully saturated rings. The molecule has 0 aliphatic rings. The fourth-order valence-corrected chi connectivity index (χ4v) is 3.11. The summed E-state index contributed by atoms with van der Waals surface area (Å²) in [6.07, 6.45) is -1.56. The summed E-state index contributed by atoms with van der Waals surface area (Å²) in [7, 11) is -3.85. The Morgan fingerprint density at radius 3 is 2.48 bits per heavy atom. The summed E-state index contributed by atoms with van der Waals surface area (Å²) in [5.41, 5.74) is 0. The molecular formula is C13H14F3N3O3S. The van der Waals surface area contributed by atoms with Crippen molar-refractivity contribution in [3.8, 4) is 5.75 Å². The van der Waals surface area contributed by atoms with Crippen molar-refractivity contribution in [1.29, 1.82) is 0 Å². The number of benzene rings is 1. The lowest BCUT2D eigenvalue weighted by Crippen LogP contribution is -2.35. The number of hydrogen-bond donors (Lipinski definition) is 1. The molecule has 0 saturated heterocycles. The second kappa shape index (κ2) is 6.59. The normalized spacial score (nSPS) is 13.7. The third-order valence-corrected chi connectivity index (χ3v) is 4.35. The SMILES string of the molecule is C[C@@H](Cn1cccn1)NS(=O)(=O)c1ccc(OC(F)(F)F)cc1. The molecule has 0 bridgehead atoms. The molecule has 1 heterocycles. The Balaban J connectivity index is 2.04. The van der Waals surface area contributed by atoms with Crippen LogP contribution in [0.5, 0.6) is 5.75 Å². The maximum atomic E-state index is 12.2. The number of halogens is 3. The van der Waals surface area contributed by atoms with Gasteiger partial charge in [-0.15, -0.1) is 13.2 Å². The number of nitrogens with one attached hydrogen (secondary N) is 1. The summed E-state index contributed by atoms with van der Waals surface area (Å²) in [5.74, 6) is -0.485. The maximum Gasteiger partial charge on any atom is 0.573 e. The molecule has 0 amide bonds. The van der Waals surface area contributed by atoms with E-state index >= 15 is 0 Å². The number of rotatable bonds is 6. The molecule has 0 aliphatic heterocycles. The van der Waals surface area contributed by atoms with Crippen molar-refractivity contribution in [2.75, 3.05) is 0 Å². The lowest BCUT2D eigenvalue weighted by molar-refractivity contribution is -0.274. The highest BCUT2D eigenvalue weighted by Crippen LogP contribution is 2.23. The number of sulfonamides is 1. The molecule has 1 aromatic carbocycles. The second-order valence-corrected chi connectivity index (χ2v) is 6.48. The van der Waals surface area contributed by atoms with Gasteiger partial charge in [-0.25, -0.2) is 13.1 Å². The van der Waals surface area contributed by atoms with E-state index in [0.29, 0.717) is 6.54 Å². The standard InChI is InChI=1S/C13H14F3N3O3S/c1-10(9-19-8-2-7-17-19)18-23(20,21)12-5-3-11(4-6-12)22-13(14,15)16/h2-8,10,18H,9H2,1H3/t10-/m0/s1. The summed E-state index contributed by atoms with van der Waals surface area (Å²) >= 11 is 0. The van der Waals surface area contributed by atoms with Crippen LogP contribution in [-0.4, -0.2) is 30.6 Å². The van der Waals surface area contributed by atoms with Gasteiger partial charge in [-0.1, -0.05) is 0 Å². The first-order chi connectivity index (χ1) is 10.7. The smallest absolute Gasteiger partial charge is 0.406 e. The zero-order chi connectivity index (χ0) is 17.1. The summed E-state index contributed by atoms with van der Waals surface area (Å²) < 4.78 is 68.2. The van der Waals surface area contributed by atoms with Crippen LogP contribution in [0.1, 0.15) is 6.92 Å². The number of alkyl halides is 3. The monoisotopic (exact) mass is 349 g/mol. The third kappa shape index (κ3) is 5.25. The van der Waals surface area contributed by atoms with Gasteiger partial charge in [0.25, 0.3) is 0 Å². The van der Waals surface area contributed by atoms with E-state index in [-0.39, 0.29) is 4.90 Å². The van der Waals surface area contributed by atoms with Crippen LogP contribution >= 0.6 is 0 Å². The maximum absolute atomic E-state index is 12.2. The minimum Gasteiger partial charge on any atom is -0.406 e. The van der Waals surface area contributed by atoms with Crippen molar-refractivity contribution in [2.45, 2.75) is 30.8 Å². The van der Waals surface area contributed by atoms with E-state index in [1.807, 2.05) is 0 Å². The third-order valence-electron chi connectivity index (χ3n) is 2.74. The fraction of sp³-hybridized carbons (Fsp3) is 0.308. The minimum absolute atomic E-state index is 0.153. The number of hydrogen-bond acceptors (Lipinski definition) is 4. The van der Waals surface area contributed by atoms with Gasteiger partial charge in [0.05, 0.1) is 11.4 Å². The Labute approximate surface area is 130 Å². The Morgan fingerprint density at radius 1 is 1.30 bits per heavy atom. The summed E-state index contributed by atoms with van der Waals surface area (Å²) in [4.78, 5) is -0.153. The molecule has 0 radical (unpaired) electrons. The van der Waals surface area contributed by atoms with Crippen molar-refractivity contribution < 1.29 is 26.3 Å². The van der Waals surface area contributed by atoms with E-state index in [1.54, 1.807) is 30.1 Å². The Kier molecular flexibility index (Phi) is 4.95. The second-order valence-electron chi connectivity index (χ2n) is 4.77. The first-order valence-corrected chi connectivity index (χ1v) is 7.99. The summed E-state index contributed by atoms with van der Waals surface area (Å²) in [6, 6.07) is 5.24. The van der Waals surface area contributed by atoms with Crippen molar-refractivity contribution in [3.63, 3.8) is 0 Å². The lowest BCUT2D eigenvalue weighted by atomic mass is 10.3. The average Bonchev–Trinajstić information content (AvgIpc) is 2.89. The number of ether oxygens (including phenoxy) is 1. The van der Waals surface area contributed by atoms with E-state index in [2.05, 4.69) is 14.6 Å². The molecule has 0 unspecified atom stereocenters. The Bertz CT molecular complexity index is 728. The molecule has 126 valence electrons. The van der Waals surface area contributed by atoms with Gasteiger partial charge in [-0.2, -0.15) is 5.10 Å². The first-order valence-electron chi connectivity index (χ1n) is 6.51. The first kappa shape index (κ1) is 17.3. The van der Waals surface area contributed by atoms with E-state index in [0.717, 1.165) is 24.3 Å². The summed E-state index contributed by atoms with van der Waals surface area (Å²) in [6.45, 7) is 1.97. The van der Waals surface area contributed by atoms with Crippen molar-refractivity contribution in [3.05, 3.63) is 42.7 Å². The van der Waals surface area contributed by atoms with E-state index < -0.39 is 28.2 Å². The van der Waals surface area contributed by atoms with Crippen LogP contribution in [0, 0.1) is 0 Å². The Morgan fingerprint density at radius 2 is 1.96 bits per heavy atom. The van der Waals surface area contributed by atoms with Crippen LogP contribution in [0.25, 0.3) is 0 Å². The highest BCUT2D eigenvalue weighted by molar-refractivity contribution is 7.89. The zero-order valence-corrected chi connectivity index (χ0v) is 12.8. The lowest BCUT2D eigenvalue weighted by Gasteiger charge is -2.15. The number of aromatic nitrogens is 2. The topological polar surface area (TPSA) is 73.2 Å². The van der Waals surface area contributed by atoms with Gasteiger partial charge in [0.15, 0.2) is 0 Å². The summed E-state index contributed by atoms with van der Waals surface area (Å²) in [5, 5.41) is 3.96. The van der Waals surface area contributed by atoms with Crippen LogP contribution in [0.4, 0.5) is 13.2 Å². The van der Waals surface area contributed by atoms with Crippen molar-refractivity contribution >= 4 is 10.0 Å². The molecule has 1 N–H and O–H groups in total. The molecule has 2 aromatic rings. The minimum atomic E-state index is -4.82. The average molecular weight is 349 g/mol. The largest absolute Gasteiger partial charge is 0.573 e. The Hall–Kier alpha value is -2.07. The highest BCUT2D eigenvalue weighted by Gasteiger charge is 2.31. The van der Waals surface area contributed by atoms with E-state index in [1.165, 1.54) is 0 Å². The van der Waals surface area contributed by atoms with Gasteiger partial charge in [-0.05, 0) is 37.3 Å². The van der Waals surface area contributed by atoms with Gasteiger partial charge in [-0.3, -0.25) is 4.68 Å². The molecule has 6 nitrogen and oxygen atoms in total. The highest BCUT2D eigenvalue weighted by atomic mass is 32.2. The predicted molar refractivity (Wildman–Crippen MR) is 75.1 cm³/mol. The molecule has 23 heavy (non-hydrogen) atoms. The van der Waals surface area contributed by atoms with Crippen LogP contribution in [0.15, 0.2) is 47.6 Å². The quantitative estimate of drug-likeness (QED) is 0.867. The zero-order valence-electron chi connectivity index (χ0n) is 12.0.